The lowest BCUT2D eigenvalue weighted by Crippen LogP contribution is -2.30. The highest BCUT2D eigenvalue weighted by molar-refractivity contribution is 5.95. The lowest BCUT2D eigenvalue weighted by molar-refractivity contribution is 0.0733. The normalized spacial score (nSPS) is 17.3. The van der Waals surface area contributed by atoms with Gasteiger partial charge in [0.2, 0.25) is 0 Å². The minimum Gasteiger partial charge on any atom is -0.493 e. The van der Waals surface area contributed by atoms with Crippen molar-refractivity contribution in [3.63, 3.8) is 0 Å². The second-order valence-corrected chi connectivity index (χ2v) is 5.66. The van der Waals surface area contributed by atoms with Gasteiger partial charge >= 0.3 is 0 Å². The minimum absolute atomic E-state index is 0.0218. The maximum absolute atomic E-state index is 12.8. The van der Waals surface area contributed by atoms with Crippen molar-refractivity contribution >= 4 is 5.91 Å². The van der Waals surface area contributed by atoms with Gasteiger partial charge in [-0.1, -0.05) is 6.07 Å². The van der Waals surface area contributed by atoms with E-state index in [9.17, 15) is 4.79 Å². The molecule has 1 aliphatic heterocycles. The molecule has 3 rings (SSSR count). The second-order valence-electron chi connectivity index (χ2n) is 5.66. The molecule has 5 nitrogen and oxygen atoms in total. The molecule has 0 spiro atoms. The van der Waals surface area contributed by atoms with Crippen molar-refractivity contribution in [1.29, 1.82) is 0 Å². The third-order valence-electron chi connectivity index (χ3n) is 4.40. The zero-order valence-electron chi connectivity index (χ0n) is 13.7. The summed E-state index contributed by atoms with van der Waals surface area (Å²) >= 11 is 0. The number of hydrogen-bond donors (Lipinski definition) is 0. The van der Waals surface area contributed by atoms with Gasteiger partial charge in [-0.2, -0.15) is 0 Å². The topological polar surface area (TPSA) is 51.9 Å². The number of aryl methyl sites for hydroxylation is 1. The third-order valence-corrected chi connectivity index (χ3v) is 4.40. The van der Waals surface area contributed by atoms with Crippen molar-refractivity contribution in [1.82, 2.24) is 4.90 Å². The van der Waals surface area contributed by atoms with E-state index < -0.39 is 0 Å². The van der Waals surface area contributed by atoms with E-state index in [1.54, 1.807) is 26.5 Å². The first-order chi connectivity index (χ1) is 11.2. The van der Waals surface area contributed by atoms with Crippen molar-refractivity contribution in [3.05, 3.63) is 47.4 Å². The standard InChI is InChI=1S/C18H21NO4/c1-12-14(8-10-23-12)18(20)19-9-4-5-15(19)13-6-7-16(21-2)17(11-13)22-3/h6-8,10-11,15H,4-5,9H2,1-3H3/t15-/m1/s1. The van der Waals surface area contributed by atoms with Gasteiger partial charge < -0.3 is 18.8 Å². The first-order valence-electron chi connectivity index (χ1n) is 7.72. The van der Waals surface area contributed by atoms with Crippen LogP contribution in [-0.4, -0.2) is 31.6 Å². The molecule has 2 aromatic rings. The van der Waals surface area contributed by atoms with E-state index >= 15 is 0 Å². The number of carbonyl (C=O) groups is 1. The van der Waals surface area contributed by atoms with E-state index in [4.69, 9.17) is 13.9 Å². The number of nitrogens with zero attached hydrogens (tertiary/aromatic N) is 1. The summed E-state index contributed by atoms with van der Waals surface area (Å²) in [5, 5.41) is 0. The summed E-state index contributed by atoms with van der Waals surface area (Å²) in [7, 11) is 3.23. The Bertz CT molecular complexity index is 707. The van der Waals surface area contributed by atoms with E-state index in [0.29, 0.717) is 22.8 Å². The highest BCUT2D eigenvalue weighted by Gasteiger charge is 2.32. The van der Waals surface area contributed by atoms with Gasteiger partial charge in [-0.05, 0) is 43.5 Å². The zero-order valence-corrected chi connectivity index (χ0v) is 13.7. The Labute approximate surface area is 135 Å². The summed E-state index contributed by atoms with van der Waals surface area (Å²) in [6.45, 7) is 2.57. The fourth-order valence-electron chi connectivity index (χ4n) is 3.18. The van der Waals surface area contributed by atoms with Crippen LogP contribution in [0.15, 0.2) is 34.9 Å². The summed E-state index contributed by atoms with van der Waals surface area (Å²) in [5.74, 6) is 2.06. The summed E-state index contributed by atoms with van der Waals surface area (Å²) in [4.78, 5) is 14.7. The monoisotopic (exact) mass is 315 g/mol. The molecule has 0 radical (unpaired) electrons. The molecular formula is C18H21NO4. The second kappa shape index (κ2) is 6.36. The van der Waals surface area contributed by atoms with Gasteiger partial charge in [0.15, 0.2) is 11.5 Å². The van der Waals surface area contributed by atoms with Crippen LogP contribution in [0.5, 0.6) is 11.5 Å². The molecule has 1 amide bonds. The van der Waals surface area contributed by atoms with Crippen molar-refractivity contribution in [2.75, 3.05) is 20.8 Å². The third kappa shape index (κ3) is 2.79. The molecule has 2 heterocycles. The van der Waals surface area contributed by atoms with E-state index in [1.807, 2.05) is 30.0 Å². The Kier molecular flexibility index (Phi) is 4.28. The van der Waals surface area contributed by atoms with Crippen molar-refractivity contribution in [2.24, 2.45) is 0 Å². The van der Waals surface area contributed by atoms with Gasteiger partial charge in [0.05, 0.1) is 32.1 Å². The van der Waals surface area contributed by atoms with Crippen LogP contribution in [0.3, 0.4) is 0 Å². The van der Waals surface area contributed by atoms with Crippen LogP contribution in [0, 0.1) is 6.92 Å². The Balaban J connectivity index is 1.90. The summed E-state index contributed by atoms with van der Waals surface area (Å²) in [5.41, 5.74) is 1.70. The van der Waals surface area contributed by atoms with Gasteiger partial charge in [0.1, 0.15) is 5.76 Å². The number of benzene rings is 1. The molecule has 1 atom stereocenters. The Hall–Kier alpha value is -2.43. The van der Waals surface area contributed by atoms with Crippen LogP contribution in [0.2, 0.25) is 0 Å². The van der Waals surface area contributed by atoms with Crippen LogP contribution < -0.4 is 9.47 Å². The molecule has 1 aromatic carbocycles. The average Bonchev–Trinajstić information content (AvgIpc) is 3.22. The van der Waals surface area contributed by atoms with Crippen LogP contribution in [0.4, 0.5) is 0 Å². The Morgan fingerprint density at radius 2 is 2.00 bits per heavy atom. The van der Waals surface area contributed by atoms with Gasteiger partial charge in [-0.15, -0.1) is 0 Å². The van der Waals surface area contributed by atoms with Gasteiger partial charge in [-0.25, -0.2) is 0 Å². The zero-order chi connectivity index (χ0) is 16.4. The molecule has 0 aliphatic carbocycles. The van der Waals surface area contributed by atoms with Crippen LogP contribution in [0.1, 0.15) is 40.6 Å². The number of carbonyl (C=O) groups excluding carboxylic acids is 1. The fourth-order valence-corrected chi connectivity index (χ4v) is 3.18. The first kappa shape index (κ1) is 15.5. The van der Waals surface area contributed by atoms with Gasteiger partial charge in [0.25, 0.3) is 5.91 Å². The van der Waals surface area contributed by atoms with Crippen molar-refractivity contribution < 1.29 is 18.7 Å². The molecule has 5 heteroatoms. The Morgan fingerprint density at radius 3 is 2.65 bits per heavy atom. The molecule has 122 valence electrons. The lowest BCUT2D eigenvalue weighted by atomic mass is 10.0. The molecule has 0 bridgehead atoms. The molecule has 0 saturated carbocycles. The van der Waals surface area contributed by atoms with E-state index in [1.165, 1.54) is 0 Å². The predicted octanol–water partition coefficient (Wildman–Crippen LogP) is 3.58. The van der Waals surface area contributed by atoms with Gasteiger partial charge in [-0.3, -0.25) is 4.79 Å². The molecule has 0 unspecified atom stereocenters. The molecule has 1 aliphatic rings. The average molecular weight is 315 g/mol. The molecule has 23 heavy (non-hydrogen) atoms. The first-order valence-corrected chi connectivity index (χ1v) is 7.72. The molecule has 0 N–H and O–H groups in total. The van der Waals surface area contributed by atoms with Crippen LogP contribution in [-0.2, 0) is 0 Å². The summed E-state index contributed by atoms with van der Waals surface area (Å²) in [6, 6.07) is 7.63. The highest BCUT2D eigenvalue weighted by Crippen LogP contribution is 2.37. The molecule has 1 aromatic heterocycles. The lowest BCUT2D eigenvalue weighted by Gasteiger charge is -2.25. The molecular weight excluding hydrogens is 294 g/mol. The minimum atomic E-state index is 0.0218. The van der Waals surface area contributed by atoms with Crippen molar-refractivity contribution in [3.8, 4) is 11.5 Å². The quantitative estimate of drug-likeness (QED) is 0.865. The van der Waals surface area contributed by atoms with E-state index in [0.717, 1.165) is 24.9 Å². The van der Waals surface area contributed by atoms with Crippen molar-refractivity contribution in [2.45, 2.75) is 25.8 Å². The SMILES string of the molecule is COc1ccc([C@H]2CCCN2C(=O)c2ccoc2C)cc1OC. The van der Waals surface area contributed by atoms with Crippen LogP contribution >= 0.6 is 0 Å². The number of ether oxygens (including phenoxy) is 2. The van der Waals surface area contributed by atoms with Gasteiger partial charge in [0, 0.05) is 6.54 Å². The molecule has 1 saturated heterocycles. The maximum atomic E-state index is 12.8. The number of likely N-dealkylation sites (tertiary alicyclic amines) is 1. The fraction of sp³-hybridized carbons (Fsp3) is 0.389. The smallest absolute Gasteiger partial charge is 0.257 e. The number of methoxy groups -OCH3 is 2. The Morgan fingerprint density at radius 1 is 1.22 bits per heavy atom. The number of furan rings is 1. The highest BCUT2D eigenvalue weighted by atomic mass is 16.5. The van der Waals surface area contributed by atoms with E-state index in [2.05, 4.69) is 0 Å². The number of rotatable bonds is 4. The summed E-state index contributed by atoms with van der Waals surface area (Å²) in [6.07, 6.45) is 3.49. The number of hydrogen-bond acceptors (Lipinski definition) is 4. The number of amides is 1. The van der Waals surface area contributed by atoms with Crippen LogP contribution in [0.25, 0.3) is 0 Å². The summed E-state index contributed by atoms with van der Waals surface area (Å²) < 4.78 is 15.9. The van der Waals surface area contributed by atoms with E-state index in [-0.39, 0.29) is 11.9 Å². The molecule has 1 fully saturated rings. The predicted molar refractivity (Wildman–Crippen MR) is 86.0 cm³/mol. The maximum Gasteiger partial charge on any atom is 0.257 e. The largest absolute Gasteiger partial charge is 0.493 e.